The van der Waals surface area contributed by atoms with Gasteiger partial charge in [0.25, 0.3) is 0 Å². The molecule has 2 aliphatic rings. The van der Waals surface area contributed by atoms with Crippen LogP contribution in [0.1, 0.15) is 18.9 Å². The minimum Gasteiger partial charge on any atom is -0.107 e. The summed E-state index contributed by atoms with van der Waals surface area (Å²) < 4.78 is 0. The molecule has 0 amide bonds. The van der Waals surface area contributed by atoms with Crippen molar-refractivity contribution in [3.8, 4) is 0 Å². The molecule has 0 saturated heterocycles. The van der Waals surface area contributed by atoms with Gasteiger partial charge in [-0.2, -0.15) is 0 Å². The normalized spacial score (nSPS) is 26.6. The average Bonchev–Trinajstić information content (AvgIpc) is 2.61. The summed E-state index contributed by atoms with van der Waals surface area (Å²) in [6, 6.07) is 8.87. The van der Waals surface area contributed by atoms with Crippen LogP contribution in [0.4, 0.5) is 0 Å². The van der Waals surface area contributed by atoms with Crippen LogP contribution < -0.4 is 5.19 Å². The number of rotatable bonds is 1. The standard InChI is InChI=1S/C15H16Si/c1-3-16-14-7-5-4-6-12(14)13-9-8-11(2)10-15(13)16/h3-9,11,16H,1,10H2,2H3. The van der Waals surface area contributed by atoms with Gasteiger partial charge in [-0.05, 0) is 28.7 Å². The topological polar surface area (TPSA) is 0 Å². The van der Waals surface area contributed by atoms with Gasteiger partial charge in [0, 0.05) is 0 Å². The number of allylic oxidation sites excluding steroid dienone is 4. The molecule has 1 heterocycles. The molecule has 0 fully saturated rings. The van der Waals surface area contributed by atoms with E-state index in [0.717, 1.165) is 0 Å². The predicted molar refractivity (Wildman–Crippen MR) is 73.3 cm³/mol. The van der Waals surface area contributed by atoms with E-state index >= 15 is 0 Å². The summed E-state index contributed by atoms with van der Waals surface area (Å²) in [5.41, 5.74) is 5.20. The average molecular weight is 224 g/mol. The van der Waals surface area contributed by atoms with Crippen molar-refractivity contribution in [1.82, 2.24) is 0 Å². The van der Waals surface area contributed by atoms with Crippen molar-refractivity contribution < 1.29 is 0 Å². The highest BCUT2D eigenvalue weighted by Crippen LogP contribution is 2.36. The van der Waals surface area contributed by atoms with Gasteiger partial charge >= 0.3 is 0 Å². The molecule has 0 N–H and O–H groups in total. The van der Waals surface area contributed by atoms with Crippen LogP contribution in [-0.2, 0) is 0 Å². The third-order valence-electron chi connectivity index (χ3n) is 3.68. The molecule has 0 saturated carbocycles. The number of benzene rings is 1. The van der Waals surface area contributed by atoms with Crippen LogP contribution in [-0.4, -0.2) is 8.80 Å². The molecule has 3 rings (SSSR count). The molecule has 0 bridgehead atoms. The van der Waals surface area contributed by atoms with Crippen LogP contribution in [0.3, 0.4) is 0 Å². The monoisotopic (exact) mass is 224 g/mol. The third kappa shape index (κ3) is 1.28. The molecule has 0 aromatic heterocycles. The van der Waals surface area contributed by atoms with Crippen LogP contribution in [0.15, 0.2) is 53.9 Å². The zero-order chi connectivity index (χ0) is 11.1. The van der Waals surface area contributed by atoms with Crippen molar-refractivity contribution in [3.05, 3.63) is 59.5 Å². The highest BCUT2D eigenvalue weighted by Gasteiger charge is 2.30. The summed E-state index contributed by atoms with van der Waals surface area (Å²) in [5, 5.41) is 3.27. The van der Waals surface area contributed by atoms with Crippen molar-refractivity contribution in [1.29, 1.82) is 0 Å². The number of hydrogen-bond donors (Lipinski definition) is 0. The van der Waals surface area contributed by atoms with E-state index in [9.17, 15) is 0 Å². The van der Waals surface area contributed by atoms with Crippen molar-refractivity contribution in [3.63, 3.8) is 0 Å². The van der Waals surface area contributed by atoms with Gasteiger partial charge in [-0.25, -0.2) is 0 Å². The second-order valence-corrected chi connectivity index (χ2v) is 7.53. The Balaban J connectivity index is 2.19. The van der Waals surface area contributed by atoms with Gasteiger partial charge in [0.1, 0.15) is 8.80 Å². The molecule has 1 aliphatic heterocycles. The van der Waals surface area contributed by atoms with E-state index in [0.29, 0.717) is 5.92 Å². The van der Waals surface area contributed by atoms with Gasteiger partial charge in [-0.15, -0.1) is 6.58 Å². The van der Waals surface area contributed by atoms with Gasteiger partial charge < -0.3 is 0 Å². The van der Waals surface area contributed by atoms with Crippen LogP contribution in [0.5, 0.6) is 0 Å². The fourth-order valence-corrected chi connectivity index (χ4v) is 5.95. The molecular weight excluding hydrogens is 208 g/mol. The Morgan fingerprint density at radius 2 is 2.19 bits per heavy atom. The lowest BCUT2D eigenvalue weighted by molar-refractivity contribution is 0.730. The SMILES string of the molecule is C=C[SiH]1C2=C(C=CC(C)C2)c2ccccc21. The number of hydrogen-bond acceptors (Lipinski definition) is 0. The quantitative estimate of drug-likeness (QED) is 0.644. The Kier molecular flexibility index (Phi) is 2.22. The molecule has 1 aromatic rings. The lowest BCUT2D eigenvalue weighted by Crippen LogP contribution is -2.28. The van der Waals surface area contributed by atoms with Gasteiger partial charge in [0.05, 0.1) is 0 Å². The van der Waals surface area contributed by atoms with Crippen LogP contribution in [0, 0.1) is 5.92 Å². The summed E-state index contributed by atoms with van der Waals surface area (Å²) >= 11 is 0. The Hall–Kier alpha value is -1.34. The van der Waals surface area contributed by atoms with E-state index in [1.807, 2.05) is 0 Å². The molecule has 0 radical (unpaired) electrons. The summed E-state index contributed by atoms with van der Waals surface area (Å²) in [4.78, 5) is 0. The van der Waals surface area contributed by atoms with E-state index in [-0.39, 0.29) is 0 Å². The maximum atomic E-state index is 4.06. The smallest absolute Gasteiger partial charge is 0.107 e. The fourth-order valence-electron chi connectivity index (χ4n) is 2.92. The Bertz CT molecular complexity index is 508. The highest BCUT2D eigenvalue weighted by atomic mass is 28.3. The Morgan fingerprint density at radius 3 is 3.00 bits per heavy atom. The van der Waals surface area contributed by atoms with Crippen LogP contribution in [0.25, 0.3) is 5.57 Å². The highest BCUT2D eigenvalue weighted by molar-refractivity contribution is 6.87. The minimum absolute atomic E-state index is 0.697. The molecule has 0 spiro atoms. The molecule has 1 heteroatoms. The molecule has 16 heavy (non-hydrogen) atoms. The van der Waals surface area contributed by atoms with Gasteiger partial charge in [0.15, 0.2) is 0 Å². The van der Waals surface area contributed by atoms with Crippen LogP contribution >= 0.6 is 0 Å². The van der Waals surface area contributed by atoms with E-state index in [4.69, 9.17) is 0 Å². The van der Waals surface area contributed by atoms with Crippen molar-refractivity contribution in [2.45, 2.75) is 13.3 Å². The van der Waals surface area contributed by atoms with Crippen molar-refractivity contribution >= 4 is 19.6 Å². The van der Waals surface area contributed by atoms with Gasteiger partial charge in [-0.1, -0.05) is 54.2 Å². The molecule has 0 nitrogen and oxygen atoms in total. The first-order chi connectivity index (χ1) is 7.81. The lowest BCUT2D eigenvalue weighted by atomic mass is 9.94. The fraction of sp³-hybridized carbons (Fsp3) is 0.200. The largest absolute Gasteiger partial charge is 0.121 e. The van der Waals surface area contributed by atoms with E-state index in [1.165, 1.54) is 17.6 Å². The molecule has 1 aliphatic carbocycles. The number of fused-ring (bicyclic) bond motifs is 2. The summed E-state index contributed by atoms with van der Waals surface area (Å²) in [6.45, 7) is 6.36. The first kappa shape index (κ1) is 9.85. The molecule has 80 valence electrons. The maximum Gasteiger partial charge on any atom is 0.121 e. The summed E-state index contributed by atoms with van der Waals surface area (Å²) in [6.07, 6.45) is 5.91. The maximum absolute atomic E-state index is 4.06. The Morgan fingerprint density at radius 1 is 1.38 bits per heavy atom. The molecule has 2 atom stereocenters. The summed E-state index contributed by atoms with van der Waals surface area (Å²) in [5.74, 6) is 0.697. The van der Waals surface area contributed by atoms with Gasteiger partial charge in [0.2, 0.25) is 0 Å². The van der Waals surface area contributed by atoms with E-state index in [1.54, 1.807) is 10.4 Å². The first-order valence-corrected chi connectivity index (χ1v) is 7.76. The summed E-state index contributed by atoms with van der Waals surface area (Å²) in [7, 11) is -1.04. The second-order valence-electron chi connectivity index (χ2n) is 4.78. The van der Waals surface area contributed by atoms with E-state index < -0.39 is 8.80 Å². The van der Waals surface area contributed by atoms with E-state index in [2.05, 4.69) is 55.6 Å². The zero-order valence-corrected chi connectivity index (χ0v) is 10.8. The molecule has 1 aromatic carbocycles. The third-order valence-corrected chi connectivity index (χ3v) is 6.62. The second kappa shape index (κ2) is 3.60. The zero-order valence-electron chi connectivity index (χ0n) is 9.61. The van der Waals surface area contributed by atoms with Crippen LogP contribution in [0.2, 0.25) is 0 Å². The van der Waals surface area contributed by atoms with Crippen molar-refractivity contribution in [2.24, 2.45) is 5.92 Å². The lowest BCUT2D eigenvalue weighted by Gasteiger charge is -2.17. The Labute approximate surface area is 98.6 Å². The first-order valence-electron chi connectivity index (χ1n) is 5.94. The molecular formula is C15H16Si. The van der Waals surface area contributed by atoms with Gasteiger partial charge in [-0.3, -0.25) is 0 Å². The predicted octanol–water partition coefficient (Wildman–Crippen LogP) is 2.75. The molecule has 2 unspecified atom stereocenters. The minimum atomic E-state index is -1.04. The van der Waals surface area contributed by atoms with Crippen molar-refractivity contribution in [2.75, 3.05) is 0 Å².